The van der Waals surface area contributed by atoms with Crippen LogP contribution in [0.3, 0.4) is 0 Å². The molecule has 1 heterocycles. The highest BCUT2D eigenvalue weighted by Gasteiger charge is 2.14. The molecule has 1 aromatic rings. The zero-order valence-corrected chi connectivity index (χ0v) is 8.16. The van der Waals surface area contributed by atoms with E-state index in [4.69, 9.17) is 5.73 Å². The van der Waals surface area contributed by atoms with Crippen molar-refractivity contribution in [1.29, 1.82) is 0 Å². The number of nitrogens with zero attached hydrogens (tertiary/aromatic N) is 2. The van der Waals surface area contributed by atoms with Gasteiger partial charge in [-0.3, -0.25) is 4.68 Å². The Morgan fingerprint density at radius 2 is 2.29 bits per heavy atom. The number of hydrogen-bond donors (Lipinski definition) is 1. The molecule has 0 bridgehead atoms. The highest BCUT2D eigenvalue weighted by atomic mass is 19.3. The highest BCUT2D eigenvalue weighted by molar-refractivity contribution is 5.30. The van der Waals surface area contributed by atoms with E-state index in [-0.39, 0.29) is 12.3 Å². The normalized spacial score (nSPS) is 13.4. The summed E-state index contributed by atoms with van der Waals surface area (Å²) in [6.45, 7) is 2.41. The maximum Gasteiger partial charge on any atom is 0.239 e. The van der Waals surface area contributed by atoms with E-state index < -0.39 is 6.43 Å². The zero-order valence-electron chi connectivity index (χ0n) is 8.16. The first-order valence-electron chi connectivity index (χ1n) is 4.68. The highest BCUT2D eigenvalue weighted by Crippen LogP contribution is 2.16. The molecule has 0 saturated carbocycles. The van der Waals surface area contributed by atoms with Crippen molar-refractivity contribution in [3.63, 3.8) is 0 Å². The number of aromatic nitrogens is 2. The number of alkyl halides is 2. The van der Waals surface area contributed by atoms with Gasteiger partial charge in [-0.15, -0.1) is 0 Å². The van der Waals surface area contributed by atoms with Gasteiger partial charge in [0, 0.05) is 19.2 Å². The largest absolute Gasteiger partial charge is 0.396 e. The van der Waals surface area contributed by atoms with E-state index in [0.717, 1.165) is 6.42 Å². The van der Waals surface area contributed by atoms with Crippen molar-refractivity contribution in [1.82, 2.24) is 9.78 Å². The van der Waals surface area contributed by atoms with Crippen LogP contribution in [0.1, 0.15) is 19.8 Å². The first-order chi connectivity index (χ1) is 6.61. The summed E-state index contributed by atoms with van der Waals surface area (Å²) in [6.07, 6.45) is 1.59. The Bertz CT molecular complexity index is 273. The van der Waals surface area contributed by atoms with E-state index in [2.05, 4.69) is 5.10 Å². The van der Waals surface area contributed by atoms with Crippen molar-refractivity contribution in [2.75, 3.05) is 5.73 Å². The smallest absolute Gasteiger partial charge is 0.239 e. The Kier molecular flexibility index (Phi) is 3.85. The molecule has 3 nitrogen and oxygen atoms in total. The Labute approximate surface area is 81.9 Å². The molecule has 2 N–H and O–H groups in total. The van der Waals surface area contributed by atoms with Crippen LogP contribution in [0.15, 0.2) is 12.4 Å². The first-order valence-corrected chi connectivity index (χ1v) is 4.68. The summed E-state index contributed by atoms with van der Waals surface area (Å²) in [4.78, 5) is 0. The van der Waals surface area contributed by atoms with Gasteiger partial charge >= 0.3 is 0 Å². The number of nitrogen functional groups attached to an aromatic ring is 1. The minimum atomic E-state index is -2.24. The standard InChI is InChI=1S/C9H15F2N3/c1-2-7(3-9(10)11)5-14-6-8(12)4-13-14/h4,6-7,9H,2-3,5,12H2,1H3. The fourth-order valence-corrected chi connectivity index (χ4v) is 1.37. The van der Waals surface area contributed by atoms with Crippen molar-refractivity contribution in [3.8, 4) is 0 Å². The van der Waals surface area contributed by atoms with Crippen LogP contribution in [0.5, 0.6) is 0 Å². The first kappa shape index (κ1) is 10.9. The van der Waals surface area contributed by atoms with Crippen LogP contribution < -0.4 is 5.73 Å². The van der Waals surface area contributed by atoms with Crippen molar-refractivity contribution in [2.24, 2.45) is 5.92 Å². The summed E-state index contributed by atoms with van der Waals surface area (Å²) in [5.41, 5.74) is 6.03. The van der Waals surface area contributed by atoms with Crippen LogP contribution in [0.2, 0.25) is 0 Å². The molecule has 1 aromatic heterocycles. The van der Waals surface area contributed by atoms with Gasteiger partial charge in [0.1, 0.15) is 0 Å². The number of anilines is 1. The van der Waals surface area contributed by atoms with Gasteiger partial charge in [0.05, 0.1) is 11.9 Å². The van der Waals surface area contributed by atoms with Crippen LogP contribution >= 0.6 is 0 Å². The number of halogens is 2. The lowest BCUT2D eigenvalue weighted by Gasteiger charge is -2.13. The molecule has 0 aliphatic heterocycles. The molecular formula is C9H15F2N3. The third-order valence-electron chi connectivity index (χ3n) is 2.19. The van der Waals surface area contributed by atoms with Crippen LogP contribution in [-0.4, -0.2) is 16.2 Å². The molecule has 0 fully saturated rings. The molecule has 0 aromatic carbocycles. The zero-order chi connectivity index (χ0) is 10.6. The second-order valence-corrected chi connectivity index (χ2v) is 3.40. The second kappa shape index (κ2) is 4.93. The molecule has 1 rings (SSSR count). The van der Waals surface area contributed by atoms with Gasteiger partial charge in [0.25, 0.3) is 0 Å². The molecule has 1 atom stereocenters. The van der Waals surface area contributed by atoms with Gasteiger partial charge in [-0.2, -0.15) is 5.10 Å². The summed E-state index contributed by atoms with van der Waals surface area (Å²) in [5, 5.41) is 3.96. The third-order valence-corrected chi connectivity index (χ3v) is 2.19. The van der Waals surface area contributed by atoms with Gasteiger partial charge < -0.3 is 5.73 Å². The summed E-state index contributed by atoms with van der Waals surface area (Å²) >= 11 is 0. The molecule has 0 saturated heterocycles. The fourth-order valence-electron chi connectivity index (χ4n) is 1.37. The van der Waals surface area contributed by atoms with Crippen LogP contribution in [-0.2, 0) is 6.54 Å². The summed E-state index contributed by atoms with van der Waals surface area (Å²) < 4.78 is 25.9. The van der Waals surface area contributed by atoms with Crippen LogP contribution in [0.25, 0.3) is 0 Å². The van der Waals surface area contributed by atoms with E-state index in [9.17, 15) is 8.78 Å². The average molecular weight is 203 g/mol. The van der Waals surface area contributed by atoms with E-state index in [1.165, 1.54) is 6.20 Å². The lowest BCUT2D eigenvalue weighted by atomic mass is 10.0. The van der Waals surface area contributed by atoms with Crippen LogP contribution in [0, 0.1) is 5.92 Å². The molecule has 0 radical (unpaired) electrons. The van der Waals surface area contributed by atoms with E-state index in [1.54, 1.807) is 10.9 Å². The molecular weight excluding hydrogens is 188 g/mol. The Hall–Kier alpha value is -1.13. The molecule has 1 unspecified atom stereocenters. The van der Waals surface area contributed by atoms with E-state index in [1.807, 2.05) is 6.92 Å². The molecule has 0 spiro atoms. The summed E-state index contributed by atoms with van der Waals surface area (Å²) in [5.74, 6) is -0.0331. The maximum absolute atomic E-state index is 12.1. The Morgan fingerprint density at radius 1 is 1.57 bits per heavy atom. The Balaban J connectivity index is 2.48. The second-order valence-electron chi connectivity index (χ2n) is 3.40. The molecule has 80 valence electrons. The predicted octanol–water partition coefficient (Wildman–Crippen LogP) is 2.15. The summed E-state index contributed by atoms with van der Waals surface area (Å²) in [6, 6.07) is 0. The van der Waals surface area contributed by atoms with Gasteiger partial charge in [-0.05, 0) is 5.92 Å². The van der Waals surface area contributed by atoms with Gasteiger partial charge in [0.2, 0.25) is 6.43 Å². The molecule has 14 heavy (non-hydrogen) atoms. The molecule has 0 aliphatic carbocycles. The third kappa shape index (κ3) is 3.32. The lowest BCUT2D eigenvalue weighted by Crippen LogP contribution is -2.13. The van der Waals surface area contributed by atoms with E-state index in [0.29, 0.717) is 12.2 Å². The SMILES string of the molecule is CCC(CC(F)F)Cn1cc(N)cn1. The Morgan fingerprint density at radius 3 is 2.71 bits per heavy atom. The van der Waals surface area contributed by atoms with Crippen molar-refractivity contribution < 1.29 is 8.78 Å². The quantitative estimate of drug-likeness (QED) is 0.796. The van der Waals surface area contributed by atoms with Crippen molar-refractivity contribution in [3.05, 3.63) is 12.4 Å². The molecule has 5 heteroatoms. The number of rotatable bonds is 5. The van der Waals surface area contributed by atoms with Crippen LogP contribution in [0.4, 0.5) is 14.5 Å². The minimum Gasteiger partial charge on any atom is -0.396 e. The van der Waals surface area contributed by atoms with Gasteiger partial charge in [-0.1, -0.05) is 13.3 Å². The summed E-state index contributed by atoms with van der Waals surface area (Å²) in [7, 11) is 0. The number of nitrogens with two attached hydrogens (primary N) is 1. The fraction of sp³-hybridized carbons (Fsp3) is 0.667. The molecule has 0 aliphatic rings. The molecule has 0 amide bonds. The maximum atomic E-state index is 12.1. The van der Waals surface area contributed by atoms with Crippen molar-refractivity contribution in [2.45, 2.75) is 32.7 Å². The lowest BCUT2D eigenvalue weighted by molar-refractivity contribution is 0.108. The van der Waals surface area contributed by atoms with Gasteiger partial charge in [-0.25, -0.2) is 8.78 Å². The topological polar surface area (TPSA) is 43.8 Å². The average Bonchev–Trinajstić information content (AvgIpc) is 2.49. The monoisotopic (exact) mass is 203 g/mol. The predicted molar refractivity (Wildman–Crippen MR) is 51.0 cm³/mol. The number of hydrogen-bond acceptors (Lipinski definition) is 2. The van der Waals surface area contributed by atoms with E-state index >= 15 is 0 Å². The minimum absolute atomic E-state index is 0.0331. The van der Waals surface area contributed by atoms with Gasteiger partial charge in [0.15, 0.2) is 0 Å². The van der Waals surface area contributed by atoms with Crippen molar-refractivity contribution >= 4 is 5.69 Å².